The van der Waals surface area contributed by atoms with E-state index < -0.39 is 0 Å². The Bertz CT molecular complexity index is 595. The molecule has 1 heterocycles. The van der Waals surface area contributed by atoms with E-state index in [4.69, 9.17) is 14.2 Å². The quantitative estimate of drug-likeness (QED) is 0.160. The third-order valence-corrected chi connectivity index (χ3v) is 5.82. The van der Waals surface area contributed by atoms with Gasteiger partial charge >= 0.3 is 6.03 Å². The molecule has 1 fully saturated rings. The molecule has 1 saturated heterocycles. The van der Waals surface area contributed by atoms with Crippen molar-refractivity contribution in [1.82, 2.24) is 26.2 Å². The minimum Gasteiger partial charge on any atom is -0.377 e. The smallest absolute Gasteiger partial charge is 0.315 e. The summed E-state index contributed by atoms with van der Waals surface area (Å²) in [4.78, 5) is 36.9. The van der Waals surface area contributed by atoms with Crippen molar-refractivity contribution in [2.24, 2.45) is 0 Å². The van der Waals surface area contributed by atoms with Crippen LogP contribution in [-0.4, -0.2) is 108 Å². The number of carbonyl (C=O) groups is 3. The van der Waals surface area contributed by atoms with Crippen LogP contribution >= 0.6 is 0 Å². The van der Waals surface area contributed by atoms with Crippen molar-refractivity contribution in [3.63, 3.8) is 0 Å². The molecule has 11 nitrogen and oxygen atoms in total. The lowest BCUT2D eigenvalue weighted by molar-refractivity contribution is -0.126. The zero-order valence-electron chi connectivity index (χ0n) is 21.9. The van der Waals surface area contributed by atoms with Crippen LogP contribution < -0.4 is 21.3 Å². The van der Waals surface area contributed by atoms with Crippen molar-refractivity contribution in [2.45, 2.75) is 64.5 Å². The summed E-state index contributed by atoms with van der Waals surface area (Å²) < 4.78 is 16.1. The number of nitrogens with zero attached hydrogens (tertiary/aromatic N) is 1. The van der Waals surface area contributed by atoms with Crippen LogP contribution in [0.5, 0.6) is 0 Å². The van der Waals surface area contributed by atoms with E-state index in [9.17, 15) is 14.4 Å². The lowest BCUT2D eigenvalue weighted by atomic mass is 10.0. The van der Waals surface area contributed by atoms with Crippen LogP contribution in [0.2, 0.25) is 0 Å². The Morgan fingerprint density at radius 1 is 0.886 bits per heavy atom. The molecule has 4 amide bonds. The van der Waals surface area contributed by atoms with Gasteiger partial charge in [-0.2, -0.15) is 0 Å². The molecule has 0 unspecified atom stereocenters. The molecule has 2 atom stereocenters. The SMILES string of the molecule is CCN(C)CCCNC(=O)COCCOCCOCCNC(=O)CCCCC[C@H]1NC(=O)N[C@H]1C. The van der Waals surface area contributed by atoms with Crippen molar-refractivity contribution >= 4 is 17.8 Å². The van der Waals surface area contributed by atoms with Gasteiger partial charge in [-0.25, -0.2) is 4.79 Å². The van der Waals surface area contributed by atoms with Gasteiger partial charge in [-0.1, -0.05) is 19.8 Å². The number of hydrogen-bond donors (Lipinski definition) is 4. The normalized spacial score (nSPS) is 17.3. The average molecular weight is 502 g/mol. The molecular weight excluding hydrogens is 454 g/mol. The maximum Gasteiger partial charge on any atom is 0.315 e. The Morgan fingerprint density at radius 3 is 2.26 bits per heavy atom. The molecule has 0 aromatic rings. The van der Waals surface area contributed by atoms with Gasteiger partial charge in [0.25, 0.3) is 0 Å². The highest BCUT2D eigenvalue weighted by Crippen LogP contribution is 2.11. The lowest BCUT2D eigenvalue weighted by Gasteiger charge is -2.13. The van der Waals surface area contributed by atoms with Crippen molar-refractivity contribution in [3.05, 3.63) is 0 Å². The molecular formula is C24H47N5O6. The van der Waals surface area contributed by atoms with Crippen LogP contribution in [0.4, 0.5) is 4.79 Å². The zero-order chi connectivity index (χ0) is 25.7. The predicted octanol–water partition coefficient (Wildman–Crippen LogP) is 0.631. The largest absolute Gasteiger partial charge is 0.377 e. The lowest BCUT2D eigenvalue weighted by Crippen LogP contribution is -2.31. The Kier molecular flexibility index (Phi) is 18.0. The zero-order valence-corrected chi connectivity index (χ0v) is 21.9. The fraction of sp³-hybridized carbons (Fsp3) is 0.875. The number of amides is 4. The Balaban J connectivity index is 1.79. The molecule has 0 aliphatic carbocycles. The first kappa shape index (κ1) is 31.1. The fourth-order valence-electron chi connectivity index (χ4n) is 3.53. The van der Waals surface area contributed by atoms with E-state index in [2.05, 4.69) is 40.1 Å². The van der Waals surface area contributed by atoms with Gasteiger partial charge in [0.1, 0.15) is 6.61 Å². The number of unbranched alkanes of at least 4 members (excludes halogenated alkanes) is 2. The highest BCUT2D eigenvalue weighted by molar-refractivity contribution is 5.77. The number of urea groups is 1. The van der Waals surface area contributed by atoms with Gasteiger partial charge in [-0.05, 0) is 46.3 Å². The number of nitrogens with one attached hydrogen (secondary N) is 4. The number of ether oxygens (including phenoxy) is 3. The predicted molar refractivity (Wildman–Crippen MR) is 134 cm³/mol. The maximum absolute atomic E-state index is 11.9. The highest BCUT2D eigenvalue weighted by Gasteiger charge is 2.26. The molecule has 11 heteroatoms. The van der Waals surface area contributed by atoms with Crippen LogP contribution in [0.25, 0.3) is 0 Å². The first-order valence-electron chi connectivity index (χ1n) is 12.9. The second-order valence-corrected chi connectivity index (χ2v) is 8.84. The third kappa shape index (κ3) is 17.2. The summed E-state index contributed by atoms with van der Waals surface area (Å²) in [6.45, 7) is 9.30. The summed E-state index contributed by atoms with van der Waals surface area (Å²) >= 11 is 0. The standard InChI is InChI=1S/C24H47N5O6/c1-4-29(3)13-8-11-25-23(31)19-35-18-17-34-16-15-33-14-12-26-22(30)10-7-5-6-9-21-20(2)27-24(32)28-21/h20-21H,4-19H2,1-3H3,(H,25,31)(H,26,30)(H2,27,28,32)/t20-,21+/m0/s1. The van der Waals surface area contributed by atoms with Gasteiger partial charge in [0.2, 0.25) is 11.8 Å². The Morgan fingerprint density at radius 2 is 1.57 bits per heavy atom. The Hall–Kier alpha value is -1.95. The molecule has 0 aromatic heterocycles. The van der Waals surface area contributed by atoms with E-state index in [0.29, 0.717) is 52.5 Å². The van der Waals surface area contributed by atoms with Crippen molar-refractivity contribution in [3.8, 4) is 0 Å². The van der Waals surface area contributed by atoms with E-state index in [1.807, 2.05) is 6.92 Å². The highest BCUT2D eigenvalue weighted by atomic mass is 16.5. The minimum atomic E-state index is -0.110. The van der Waals surface area contributed by atoms with E-state index in [-0.39, 0.29) is 36.5 Å². The van der Waals surface area contributed by atoms with Gasteiger partial charge in [0, 0.05) is 25.6 Å². The fourth-order valence-corrected chi connectivity index (χ4v) is 3.53. The molecule has 0 spiro atoms. The van der Waals surface area contributed by atoms with Crippen molar-refractivity contribution in [1.29, 1.82) is 0 Å². The van der Waals surface area contributed by atoms with Gasteiger partial charge in [-0.3, -0.25) is 9.59 Å². The van der Waals surface area contributed by atoms with Gasteiger partial charge in [-0.15, -0.1) is 0 Å². The Labute approximate surface area is 210 Å². The summed E-state index contributed by atoms with van der Waals surface area (Å²) in [5.74, 6) is -0.0793. The molecule has 0 radical (unpaired) electrons. The minimum absolute atomic E-state index is 0.0311. The summed E-state index contributed by atoms with van der Waals surface area (Å²) in [7, 11) is 2.05. The van der Waals surface area contributed by atoms with E-state index >= 15 is 0 Å². The second kappa shape index (κ2) is 20.3. The number of carbonyl (C=O) groups excluding carboxylic acids is 3. The average Bonchev–Trinajstić information content (AvgIpc) is 3.16. The summed E-state index contributed by atoms with van der Waals surface area (Å²) in [6.07, 6.45) is 5.14. The third-order valence-electron chi connectivity index (χ3n) is 5.82. The molecule has 4 N–H and O–H groups in total. The van der Waals surface area contributed by atoms with E-state index in [1.165, 1.54) is 0 Å². The molecule has 35 heavy (non-hydrogen) atoms. The molecule has 0 aromatic carbocycles. The molecule has 1 aliphatic rings. The maximum atomic E-state index is 11.9. The first-order chi connectivity index (χ1) is 16.9. The monoisotopic (exact) mass is 501 g/mol. The second-order valence-electron chi connectivity index (χ2n) is 8.84. The van der Waals surface area contributed by atoms with Crippen molar-refractivity contribution < 1.29 is 28.6 Å². The summed E-state index contributed by atoms with van der Waals surface area (Å²) in [5.41, 5.74) is 0. The molecule has 1 rings (SSSR count). The molecule has 1 aliphatic heterocycles. The number of hydrogen-bond acceptors (Lipinski definition) is 7. The molecule has 0 saturated carbocycles. The molecule has 0 bridgehead atoms. The summed E-state index contributed by atoms with van der Waals surface area (Å²) in [5, 5.41) is 11.4. The van der Waals surface area contributed by atoms with Crippen molar-refractivity contribution in [2.75, 3.05) is 72.9 Å². The van der Waals surface area contributed by atoms with Gasteiger partial charge < -0.3 is 40.4 Å². The van der Waals surface area contributed by atoms with Crippen LogP contribution in [0.15, 0.2) is 0 Å². The number of rotatable bonds is 22. The van der Waals surface area contributed by atoms with Gasteiger partial charge in [0.15, 0.2) is 0 Å². The van der Waals surface area contributed by atoms with E-state index in [1.54, 1.807) is 0 Å². The van der Waals surface area contributed by atoms with Crippen LogP contribution in [0, 0.1) is 0 Å². The molecule has 204 valence electrons. The van der Waals surface area contributed by atoms with Crippen LogP contribution in [0.3, 0.4) is 0 Å². The van der Waals surface area contributed by atoms with Gasteiger partial charge in [0.05, 0.1) is 39.1 Å². The topological polar surface area (TPSA) is 130 Å². The summed E-state index contributed by atoms with van der Waals surface area (Å²) in [6, 6.07) is 0.253. The van der Waals surface area contributed by atoms with E-state index in [0.717, 1.165) is 45.2 Å². The first-order valence-corrected chi connectivity index (χ1v) is 12.9. The van der Waals surface area contributed by atoms with Crippen LogP contribution in [0.1, 0.15) is 52.4 Å². The van der Waals surface area contributed by atoms with Crippen LogP contribution in [-0.2, 0) is 23.8 Å².